The van der Waals surface area contributed by atoms with Crippen molar-refractivity contribution in [1.82, 2.24) is 15.2 Å². The van der Waals surface area contributed by atoms with Gasteiger partial charge in [0.05, 0.1) is 11.9 Å². The molecule has 0 aliphatic rings. The van der Waals surface area contributed by atoms with Crippen LogP contribution in [0, 0.1) is 12.7 Å². The number of para-hydroxylation sites is 1. The number of halogens is 2. The number of aliphatic hydroxyl groups excluding tert-OH is 1. The average Bonchev–Trinajstić information content (AvgIpc) is 3.06. The molecule has 0 saturated carbocycles. The van der Waals surface area contributed by atoms with E-state index in [1.165, 1.54) is 6.07 Å². The maximum atomic E-state index is 14.5. The van der Waals surface area contributed by atoms with E-state index in [0.29, 0.717) is 34.1 Å². The van der Waals surface area contributed by atoms with Gasteiger partial charge in [-0.25, -0.2) is 9.37 Å². The van der Waals surface area contributed by atoms with Crippen LogP contribution in [-0.4, -0.2) is 26.9 Å². The molecular formula is C21H18ClFN4O. The predicted octanol–water partition coefficient (Wildman–Crippen LogP) is 5.00. The van der Waals surface area contributed by atoms with Gasteiger partial charge in [0.2, 0.25) is 0 Å². The first kappa shape index (κ1) is 18.4. The van der Waals surface area contributed by atoms with E-state index >= 15 is 0 Å². The fourth-order valence-electron chi connectivity index (χ4n) is 3.21. The average molecular weight is 397 g/mol. The minimum atomic E-state index is -0.417. The zero-order valence-corrected chi connectivity index (χ0v) is 15.9. The van der Waals surface area contributed by atoms with Gasteiger partial charge in [-0.2, -0.15) is 5.10 Å². The molecule has 4 rings (SSSR count). The fourth-order valence-corrected chi connectivity index (χ4v) is 3.42. The second kappa shape index (κ2) is 7.58. The Labute approximate surface area is 166 Å². The molecule has 0 unspecified atom stereocenters. The normalized spacial score (nSPS) is 11.1. The highest BCUT2D eigenvalue weighted by Gasteiger charge is 2.14. The zero-order chi connectivity index (χ0) is 19.7. The number of hydrogen-bond donors (Lipinski definition) is 3. The Morgan fingerprint density at radius 3 is 2.86 bits per heavy atom. The van der Waals surface area contributed by atoms with Crippen LogP contribution in [0.25, 0.3) is 22.0 Å². The van der Waals surface area contributed by atoms with Gasteiger partial charge in [0, 0.05) is 28.9 Å². The van der Waals surface area contributed by atoms with Crippen molar-refractivity contribution in [1.29, 1.82) is 0 Å². The van der Waals surface area contributed by atoms with Gasteiger partial charge in [-0.05, 0) is 48.7 Å². The number of benzene rings is 2. The standard InChI is InChI=1S/C21H18ClFN4O/c1-12-16-8-14(9-18(23)20(16)27-26-12)17-10-15(11-24-21(17)22)25-19-5-3-2-4-13(19)6-7-28/h2-5,8-11,25,28H,6-7H2,1H3,(H,26,27). The summed E-state index contributed by atoms with van der Waals surface area (Å²) in [5, 5.41) is 20.4. The number of pyridine rings is 1. The third kappa shape index (κ3) is 3.44. The third-order valence-electron chi connectivity index (χ3n) is 4.63. The predicted molar refractivity (Wildman–Crippen MR) is 110 cm³/mol. The minimum absolute atomic E-state index is 0.0617. The van der Waals surface area contributed by atoms with Crippen molar-refractivity contribution in [3.63, 3.8) is 0 Å². The van der Waals surface area contributed by atoms with Gasteiger partial charge in [0.15, 0.2) is 5.82 Å². The minimum Gasteiger partial charge on any atom is -0.396 e. The lowest BCUT2D eigenvalue weighted by Gasteiger charge is -2.13. The lowest BCUT2D eigenvalue weighted by Crippen LogP contribution is -1.99. The summed E-state index contributed by atoms with van der Waals surface area (Å²) in [5.74, 6) is -0.417. The van der Waals surface area contributed by atoms with Gasteiger partial charge in [-0.15, -0.1) is 0 Å². The highest BCUT2D eigenvalue weighted by molar-refractivity contribution is 6.32. The zero-order valence-electron chi connectivity index (χ0n) is 15.1. The quantitative estimate of drug-likeness (QED) is 0.415. The summed E-state index contributed by atoms with van der Waals surface area (Å²) in [6, 6.07) is 12.8. The van der Waals surface area contributed by atoms with E-state index in [0.717, 1.165) is 16.9 Å². The van der Waals surface area contributed by atoms with Crippen LogP contribution in [-0.2, 0) is 6.42 Å². The molecule has 0 saturated heterocycles. The highest BCUT2D eigenvalue weighted by Crippen LogP contribution is 2.33. The van der Waals surface area contributed by atoms with E-state index in [1.54, 1.807) is 6.20 Å². The van der Waals surface area contributed by atoms with Gasteiger partial charge >= 0.3 is 0 Å². The molecule has 0 radical (unpaired) electrons. The number of H-pyrrole nitrogens is 1. The monoisotopic (exact) mass is 396 g/mol. The van der Waals surface area contributed by atoms with Crippen molar-refractivity contribution in [2.24, 2.45) is 0 Å². The van der Waals surface area contributed by atoms with Gasteiger partial charge in [-0.1, -0.05) is 29.8 Å². The Morgan fingerprint density at radius 1 is 1.21 bits per heavy atom. The van der Waals surface area contributed by atoms with Crippen molar-refractivity contribution in [2.75, 3.05) is 11.9 Å². The number of aromatic amines is 1. The molecular weight excluding hydrogens is 379 g/mol. The summed E-state index contributed by atoms with van der Waals surface area (Å²) in [7, 11) is 0. The van der Waals surface area contributed by atoms with Crippen molar-refractivity contribution >= 4 is 33.9 Å². The second-order valence-electron chi connectivity index (χ2n) is 6.52. The molecule has 7 heteroatoms. The number of aryl methyl sites for hydroxylation is 1. The number of aromatic nitrogens is 3. The highest BCUT2D eigenvalue weighted by atomic mass is 35.5. The fraction of sp³-hybridized carbons (Fsp3) is 0.143. The number of anilines is 2. The first-order valence-corrected chi connectivity index (χ1v) is 9.20. The van der Waals surface area contributed by atoms with E-state index in [9.17, 15) is 9.50 Å². The number of fused-ring (bicyclic) bond motifs is 1. The first-order valence-electron chi connectivity index (χ1n) is 8.82. The van der Waals surface area contributed by atoms with E-state index in [-0.39, 0.29) is 11.8 Å². The van der Waals surface area contributed by atoms with Crippen LogP contribution in [0.2, 0.25) is 5.15 Å². The molecule has 3 N–H and O–H groups in total. The molecule has 0 aliphatic carbocycles. The lowest BCUT2D eigenvalue weighted by atomic mass is 10.0. The molecule has 0 atom stereocenters. The maximum absolute atomic E-state index is 14.5. The number of aliphatic hydroxyl groups is 1. The van der Waals surface area contributed by atoms with E-state index in [4.69, 9.17) is 11.6 Å². The molecule has 0 amide bonds. The SMILES string of the molecule is Cc1[nH]nc2c(F)cc(-c3cc(Nc4ccccc4CCO)cnc3Cl)cc12. The summed E-state index contributed by atoms with van der Waals surface area (Å²) >= 11 is 6.31. The first-order chi connectivity index (χ1) is 13.6. The van der Waals surface area contributed by atoms with Crippen LogP contribution in [0.3, 0.4) is 0 Å². The Morgan fingerprint density at radius 2 is 2.04 bits per heavy atom. The van der Waals surface area contributed by atoms with Crippen LogP contribution in [0.15, 0.2) is 48.7 Å². The molecule has 142 valence electrons. The van der Waals surface area contributed by atoms with Gasteiger partial charge in [-0.3, -0.25) is 5.10 Å². The molecule has 4 aromatic rings. The molecule has 0 aliphatic heterocycles. The maximum Gasteiger partial charge on any atom is 0.151 e. The Kier molecular flexibility index (Phi) is 4.98. The smallest absolute Gasteiger partial charge is 0.151 e. The van der Waals surface area contributed by atoms with Crippen LogP contribution in [0.1, 0.15) is 11.3 Å². The van der Waals surface area contributed by atoms with E-state index in [1.807, 2.05) is 43.3 Å². The summed E-state index contributed by atoms with van der Waals surface area (Å²) in [4.78, 5) is 4.25. The van der Waals surface area contributed by atoms with Crippen molar-refractivity contribution in [3.8, 4) is 11.1 Å². The largest absolute Gasteiger partial charge is 0.396 e. The number of hydrogen-bond acceptors (Lipinski definition) is 4. The van der Waals surface area contributed by atoms with Gasteiger partial charge < -0.3 is 10.4 Å². The molecule has 2 heterocycles. The molecule has 28 heavy (non-hydrogen) atoms. The topological polar surface area (TPSA) is 73.8 Å². The van der Waals surface area contributed by atoms with Crippen LogP contribution >= 0.6 is 11.6 Å². The molecule has 2 aromatic heterocycles. The van der Waals surface area contributed by atoms with Crippen molar-refractivity contribution in [3.05, 3.63) is 70.9 Å². The van der Waals surface area contributed by atoms with Crippen LogP contribution in [0.5, 0.6) is 0 Å². The summed E-state index contributed by atoms with van der Waals surface area (Å²) in [6.45, 7) is 1.90. The van der Waals surface area contributed by atoms with Crippen LogP contribution < -0.4 is 5.32 Å². The Balaban J connectivity index is 1.75. The van der Waals surface area contributed by atoms with Crippen molar-refractivity contribution in [2.45, 2.75) is 13.3 Å². The molecule has 0 spiro atoms. The Bertz CT molecular complexity index is 1160. The molecule has 5 nitrogen and oxygen atoms in total. The van der Waals surface area contributed by atoms with Crippen LogP contribution in [0.4, 0.5) is 15.8 Å². The summed E-state index contributed by atoms with van der Waals surface area (Å²) < 4.78 is 14.5. The van der Waals surface area contributed by atoms with Gasteiger partial charge in [0.1, 0.15) is 10.7 Å². The number of nitrogens with zero attached hydrogens (tertiary/aromatic N) is 2. The molecule has 2 aromatic carbocycles. The van der Waals surface area contributed by atoms with Gasteiger partial charge in [0.25, 0.3) is 0 Å². The molecule has 0 bridgehead atoms. The number of nitrogens with one attached hydrogen (secondary N) is 2. The third-order valence-corrected chi connectivity index (χ3v) is 4.93. The number of rotatable bonds is 5. The summed E-state index contributed by atoms with van der Waals surface area (Å²) in [5.41, 5.74) is 4.91. The second-order valence-corrected chi connectivity index (χ2v) is 6.88. The molecule has 0 fully saturated rings. The van der Waals surface area contributed by atoms with E-state index < -0.39 is 5.82 Å². The van der Waals surface area contributed by atoms with Crippen molar-refractivity contribution < 1.29 is 9.50 Å². The van der Waals surface area contributed by atoms with E-state index in [2.05, 4.69) is 20.5 Å². The summed E-state index contributed by atoms with van der Waals surface area (Å²) in [6.07, 6.45) is 2.16. The Hall–Kier alpha value is -2.96. The lowest BCUT2D eigenvalue weighted by molar-refractivity contribution is 0.300.